The Morgan fingerprint density at radius 1 is 1.70 bits per heavy atom. The molecule has 0 aromatic carbocycles. The summed E-state index contributed by atoms with van der Waals surface area (Å²) >= 11 is 0. The van der Waals surface area contributed by atoms with Gasteiger partial charge in [0.2, 0.25) is 0 Å². The second kappa shape index (κ2) is 4.99. The first-order valence-electron chi connectivity index (χ1n) is 3.29. The average Bonchev–Trinajstić information content (AvgIpc) is 1.99. The van der Waals surface area contributed by atoms with Gasteiger partial charge in [-0.25, -0.2) is 0 Å². The van der Waals surface area contributed by atoms with Crippen LogP contribution in [0.2, 0.25) is 0 Å². The lowest BCUT2D eigenvalue weighted by atomic mass is 10.4. The van der Waals surface area contributed by atoms with Crippen LogP contribution in [0.25, 0.3) is 0 Å². The summed E-state index contributed by atoms with van der Waals surface area (Å²) in [6.07, 6.45) is 3.29. The third-order valence-electron chi connectivity index (χ3n) is 1.34. The Hall–Kier alpha value is -0.830. The highest BCUT2D eigenvalue weighted by Crippen LogP contribution is 1.94. The van der Waals surface area contributed by atoms with Crippen molar-refractivity contribution in [1.82, 2.24) is 10.2 Å². The Kier molecular flexibility index (Phi) is 4.58. The summed E-state index contributed by atoms with van der Waals surface area (Å²) in [5.41, 5.74) is 1.11. The van der Waals surface area contributed by atoms with Gasteiger partial charge in [0.05, 0.1) is 6.34 Å². The van der Waals surface area contributed by atoms with Gasteiger partial charge in [-0.3, -0.25) is 5.41 Å². The van der Waals surface area contributed by atoms with Gasteiger partial charge in [-0.1, -0.05) is 6.08 Å². The van der Waals surface area contributed by atoms with E-state index in [1.54, 1.807) is 4.90 Å². The van der Waals surface area contributed by atoms with Gasteiger partial charge in [-0.15, -0.1) is 0 Å². The van der Waals surface area contributed by atoms with Gasteiger partial charge < -0.3 is 10.2 Å². The van der Waals surface area contributed by atoms with Crippen molar-refractivity contribution in [3.05, 3.63) is 11.8 Å². The van der Waals surface area contributed by atoms with E-state index in [-0.39, 0.29) is 0 Å². The van der Waals surface area contributed by atoms with Crippen LogP contribution >= 0.6 is 0 Å². The van der Waals surface area contributed by atoms with Crippen LogP contribution in [0.5, 0.6) is 0 Å². The largest absolute Gasteiger partial charge is 0.339 e. The van der Waals surface area contributed by atoms with Crippen LogP contribution in [0.1, 0.15) is 6.92 Å². The maximum absolute atomic E-state index is 6.95. The summed E-state index contributed by atoms with van der Waals surface area (Å²) in [5.74, 6) is 0. The van der Waals surface area contributed by atoms with Gasteiger partial charge in [0.25, 0.3) is 0 Å². The minimum Gasteiger partial charge on any atom is -0.339 e. The van der Waals surface area contributed by atoms with Crippen molar-refractivity contribution in [1.29, 1.82) is 5.41 Å². The zero-order valence-electron chi connectivity index (χ0n) is 6.81. The highest BCUT2D eigenvalue weighted by atomic mass is 15.1. The summed E-state index contributed by atoms with van der Waals surface area (Å²) in [6.45, 7) is 2.77. The molecule has 2 N–H and O–H groups in total. The third kappa shape index (κ3) is 2.64. The fourth-order valence-corrected chi connectivity index (χ4v) is 0.694. The Labute approximate surface area is 62.2 Å². The summed E-state index contributed by atoms with van der Waals surface area (Å²) in [5, 5.41) is 9.97. The minimum absolute atomic E-state index is 0.808. The molecule has 0 bridgehead atoms. The molecular formula is C7H15N3. The van der Waals surface area contributed by atoms with Crippen LogP contribution in [0.4, 0.5) is 0 Å². The zero-order chi connectivity index (χ0) is 7.98. The molecule has 58 valence electrons. The zero-order valence-corrected chi connectivity index (χ0v) is 6.81. The summed E-state index contributed by atoms with van der Waals surface area (Å²) < 4.78 is 0. The van der Waals surface area contributed by atoms with Crippen LogP contribution in [0.15, 0.2) is 11.8 Å². The molecule has 3 nitrogen and oxygen atoms in total. The van der Waals surface area contributed by atoms with E-state index in [0.29, 0.717) is 0 Å². The second-order valence-electron chi connectivity index (χ2n) is 2.05. The normalized spacial score (nSPS) is 11.3. The number of nitrogens with zero attached hydrogens (tertiary/aromatic N) is 1. The van der Waals surface area contributed by atoms with Gasteiger partial charge in [0.1, 0.15) is 0 Å². The average molecular weight is 141 g/mol. The van der Waals surface area contributed by atoms with Crippen molar-refractivity contribution in [3.63, 3.8) is 0 Å². The molecule has 10 heavy (non-hydrogen) atoms. The molecular weight excluding hydrogens is 126 g/mol. The first-order valence-corrected chi connectivity index (χ1v) is 3.29. The topological polar surface area (TPSA) is 39.1 Å². The van der Waals surface area contributed by atoms with Crippen LogP contribution in [0.3, 0.4) is 0 Å². The number of hydrogen-bond acceptors (Lipinski definition) is 2. The molecule has 0 heterocycles. The van der Waals surface area contributed by atoms with Crippen LogP contribution in [-0.4, -0.2) is 31.9 Å². The molecule has 0 amide bonds. The lowest BCUT2D eigenvalue weighted by Crippen LogP contribution is -2.23. The summed E-state index contributed by atoms with van der Waals surface area (Å²) in [6, 6.07) is 0. The first-order chi connectivity index (χ1) is 4.76. The third-order valence-corrected chi connectivity index (χ3v) is 1.34. The van der Waals surface area contributed by atoms with E-state index in [9.17, 15) is 0 Å². The molecule has 0 aliphatic heterocycles. The molecule has 0 aromatic heterocycles. The molecule has 0 radical (unpaired) electrons. The highest BCUT2D eigenvalue weighted by molar-refractivity contribution is 5.53. The molecule has 0 aliphatic rings. The van der Waals surface area contributed by atoms with Gasteiger partial charge in [-0.05, 0) is 14.0 Å². The van der Waals surface area contributed by atoms with E-state index in [1.807, 2.05) is 27.1 Å². The molecule has 0 aromatic rings. The van der Waals surface area contributed by atoms with Crippen molar-refractivity contribution >= 4 is 6.34 Å². The standard InChI is InChI=1S/C7H15N3/c1-4-7(5-9-2)10(3)6-8/h4,6,8-9H,5H2,1-3H3/b7-4-,8-6?. The summed E-state index contributed by atoms with van der Waals surface area (Å²) in [4.78, 5) is 1.77. The van der Waals surface area contributed by atoms with Gasteiger partial charge >= 0.3 is 0 Å². The highest BCUT2D eigenvalue weighted by Gasteiger charge is 1.96. The second-order valence-corrected chi connectivity index (χ2v) is 2.05. The molecule has 0 rings (SSSR count). The molecule has 0 saturated carbocycles. The Bertz CT molecular complexity index is 129. The van der Waals surface area contributed by atoms with E-state index in [4.69, 9.17) is 5.41 Å². The SMILES string of the molecule is C/C=C(/CNC)N(C)C=N. The van der Waals surface area contributed by atoms with Crippen molar-refractivity contribution < 1.29 is 0 Å². The summed E-state index contributed by atoms with van der Waals surface area (Å²) in [7, 11) is 3.75. The fraction of sp³-hybridized carbons (Fsp3) is 0.571. The number of likely N-dealkylation sites (N-methyl/N-ethyl adjacent to an activating group) is 2. The van der Waals surface area contributed by atoms with Crippen LogP contribution in [0, 0.1) is 5.41 Å². The van der Waals surface area contributed by atoms with Crippen molar-refractivity contribution in [2.45, 2.75) is 6.92 Å². The fourth-order valence-electron chi connectivity index (χ4n) is 0.694. The molecule has 0 spiro atoms. The number of rotatable bonds is 4. The van der Waals surface area contributed by atoms with E-state index in [0.717, 1.165) is 12.2 Å². The van der Waals surface area contributed by atoms with Crippen LogP contribution in [-0.2, 0) is 0 Å². The van der Waals surface area contributed by atoms with Crippen molar-refractivity contribution in [2.75, 3.05) is 20.6 Å². The molecule has 0 atom stereocenters. The van der Waals surface area contributed by atoms with E-state index < -0.39 is 0 Å². The van der Waals surface area contributed by atoms with Gasteiger partial charge in [0, 0.05) is 19.3 Å². The lowest BCUT2D eigenvalue weighted by molar-refractivity contribution is 0.600. The molecule has 0 unspecified atom stereocenters. The number of nitrogens with one attached hydrogen (secondary N) is 2. The maximum atomic E-state index is 6.95. The molecule has 0 aliphatic carbocycles. The number of allylic oxidation sites excluding steroid dienone is 1. The quantitative estimate of drug-likeness (QED) is 0.445. The smallest absolute Gasteiger partial charge is 0.0857 e. The van der Waals surface area contributed by atoms with Gasteiger partial charge in [0.15, 0.2) is 0 Å². The van der Waals surface area contributed by atoms with Gasteiger partial charge in [-0.2, -0.15) is 0 Å². The number of hydrogen-bond donors (Lipinski definition) is 2. The first kappa shape index (κ1) is 9.17. The van der Waals surface area contributed by atoms with Crippen molar-refractivity contribution in [2.24, 2.45) is 0 Å². The Morgan fingerprint density at radius 3 is 2.60 bits per heavy atom. The van der Waals surface area contributed by atoms with E-state index in [1.165, 1.54) is 6.34 Å². The van der Waals surface area contributed by atoms with Crippen molar-refractivity contribution in [3.8, 4) is 0 Å². The predicted octanol–water partition coefficient (Wildman–Crippen LogP) is 0.648. The molecule has 3 heteroatoms. The molecule has 0 fully saturated rings. The molecule has 0 saturated heterocycles. The Morgan fingerprint density at radius 2 is 2.30 bits per heavy atom. The van der Waals surface area contributed by atoms with E-state index in [2.05, 4.69) is 5.32 Å². The maximum Gasteiger partial charge on any atom is 0.0857 e. The minimum atomic E-state index is 0.808. The lowest BCUT2D eigenvalue weighted by Gasteiger charge is -2.15. The predicted molar refractivity (Wildman–Crippen MR) is 44.2 cm³/mol. The van der Waals surface area contributed by atoms with Crippen LogP contribution < -0.4 is 5.32 Å². The monoisotopic (exact) mass is 141 g/mol. The Balaban J connectivity index is 3.94. The van der Waals surface area contributed by atoms with E-state index >= 15 is 0 Å².